The number of hydrogen-bond acceptors (Lipinski definition) is 11. The van der Waals surface area contributed by atoms with Crippen LogP contribution >= 0.6 is 0 Å². The maximum Gasteiger partial charge on any atom is 0.246 e. The molecule has 0 unspecified atom stereocenters. The molecule has 1 aromatic heterocycles. The first-order valence-corrected chi connectivity index (χ1v) is 24.0. The average Bonchev–Trinajstić information content (AvgIpc) is 4.10. The van der Waals surface area contributed by atoms with E-state index in [2.05, 4.69) is 42.1 Å². The molecule has 0 spiro atoms. The van der Waals surface area contributed by atoms with Crippen molar-refractivity contribution < 1.29 is 47.1 Å². The zero-order valence-electron chi connectivity index (χ0n) is 42.3. The Morgan fingerprint density at radius 3 is 1.38 bits per heavy atom. The number of aromatic nitrogens is 2. The molecule has 386 valence electrons. The fourth-order valence-electron chi connectivity index (χ4n) is 8.72. The summed E-state index contributed by atoms with van der Waals surface area (Å²) in [5.74, 6) is -5.59. The molecule has 0 aliphatic carbocycles. The first-order valence-electron chi connectivity index (χ1n) is 24.0. The van der Waals surface area contributed by atoms with Gasteiger partial charge >= 0.3 is 0 Å². The first kappa shape index (κ1) is 55.5. The van der Waals surface area contributed by atoms with Crippen molar-refractivity contribution in [3.8, 4) is 0 Å². The van der Waals surface area contributed by atoms with Crippen molar-refractivity contribution in [3.63, 3.8) is 0 Å². The molecule has 2 saturated heterocycles. The van der Waals surface area contributed by atoms with E-state index in [1.54, 1.807) is 69.5 Å². The molecule has 0 radical (unpaired) electrons. The number of aromatic amines is 1. The second kappa shape index (κ2) is 23.7. The normalized spacial score (nSPS) is 19.8. The van der Waals surface area contributed by atoms with E-state index >= 15 is 0 Å². The average molecular weight is 989 g/mol. The Hall–Kier alpha value is -6.41. The van der Waals surface area contributed by atoms with Gasteiger partial charge in [0.15, 0.2) is 11.6 Å². The molecule has 6 amide bonds. The quantitative estimate of drug-likeness (QED) is 0.0812. The van der Waals surface area contributed by atoms with Crippen LogP contribution in [0.4, 0.5) is 8.78 Å². The van der Waals surface area contributed by atoms with Gasteiger partial charge in [-0.15, -0.1) is 0 Å². The molecule has 20 heteroatoms. The lowest BCUT2D eigenvalue weighted by Gasteiger charge is -2.36. The fraction of sp³-hybridized carbons (Fsp3) is 0.549. The predicted octanol–water partition coefficient (Wildman–Crippen LogP) is 3.18. The largest absolute Gasteiger partial charge is 0.350 e. The number of H-pyrrole nitrogens is 1. The summed E-state index contributed by atoms with van der Waals surface area (Å²) in [7, 11) is 3.23. The number of benzene rings is 2. The lowest BCUT2D eigenvalue weighted by Crippen LogP contribution is -2.59. The third kappa shape index (κ3) is 14.6. The number of ketones is 2. The van der Waals surface area contributed by atoms with Gasteiger partial charge in [-0.3, -0.25) is 43.5 Å². The van der Waals surface area contributed by atoms with E-state index in [9.17, 15) is 47.1 Å². The van der Waals surface area contributed by atoms with Crippen LogP contribution in [-0.2, 0) is 41.9 Å². The zero-order valence-corrected chi connectivity index (χ0v) is 42.3. The van der Waals surface area contributed by atoms with Crippen molar-refractivity contribution in [3.05, 3.63) is 88.7 Å². The molecule has 0 bridgehead atoms. The third-order valence-corrected chi connectivity index (χ3v) is 13.3. The first-order chi connectivity index (χ1) is 33.3. The molecule has 2 aromatic carbocycles. The number of hydrogen-bond donors (Lipinski definition) is 7. The van der Waals surface area contributed by atoms with E-state index in [1.807, 2.05) is 0 Å². The molecule has 2 fully saturated rings. The van der Waals surface area contributed by atoms with Crippen LogP contribution in [0.2, 0.25) is 0 Å². The Morgan fingerprint density at radius 1 is 0.634 bits per heavy atom. The molecule has 0 saturated carbocycles. The smallest absolute Gasteiger partial charge is 0.246 e. The van der Waals surface area contributed by atoms with Gasteiger partial charge in [0.25, 0.3) is 0 Å². The van der Waals surface area contributed by atoms with Crippen molar-refractivity contribution in [1.29, 1.82) is 0 Å². The molecule has 71 heavy (non-hydrogen) atoms. The Bertz CT molecular complexity index is 2250. The number of Topliss-reactive ketones (excluding diaryl/α,β-unsaturated/α-hetero) is 2. The topological polar surface area (TPSA) is 244 Å². The van der Waals surface area contributed by atoms with Crippen LogP contribution in [0.3, 0.4) is 0 Å². The minimum atomic E-state index is -1.03. The number of halogens is 2. The van der Waals surface area contributed by atoms with Gasteiger partial charge in [0, 0.05) is 39.0 Å². The maximum atomic E-state index is 14.4. The number of carbonyl (C=O) groups is 8. The molecule has 3 heterocycles. The van der Waals surface area contributed by atoms with Crippen molar-refractivity contribution >= 4 is 47.0 Å². The van der Waals surface area contributed by atoms with Crippen molar-refractivity contribution in [1.82, 2.24) is 51.9 Å². The summed E-state index contributed by atoms with van der Waals surface area (Å²) in [6, 6.07) is 7.23. The second-order valence-electron chi connectivity index (χ2n) is 21.0. The van der Waals surface area contributed by atoms with Crippen LogP contribution in [0.1, 0.15) is 113 Å². The van der Waals surface area contributed by atoms with E-state index in [4.69, 9.17) is 0 Å². The van der Waals surface area contributed by atoms with Gasteiger partial charge in [-0.2, -0.15) is 5.10 Å². The number of amides is 6. The lowest BCUT2D eigenvalue weighted by atomic mass is 9.85. The minimum absolute atomic E-state index is 0.00324. The van der Waals surface area contributed by atoms with Crippen molar-refractivity contribution in [2.75, 3.05) is 27.2 Å². The van der Waals surface area contributed by atoms with Crippen molar-refractivity contribution in [2.24, 2.45) is 22.7 Å². The number of nitrogens with zero attached hydrogens (tertiary/aromatic N) is 3. The highest BCUT2D eigenvalue weighted by Gasteiger charge is 2.47. The van der Waals surface area contributed by atoms with Crippen LogP contribution in [0, 0.1) is 34.3 Å². The van der Waals surface area contributed by atoms with Gasteiger partial charge in [-0.25, -0.2) is 8.78 Å². The molecular weight excluding hydrogens is 919 g/mol. The van der Waals surface area contributed by atoms with Gasteiger partial charge in [0.05, 0.1) is 12.1 Å². The SMILES string of the molecule is CN[C@@H](C)C(=O)N[C@H](C(=O)N1C[C@@H](CC(=O)c2cc(C(=O)C[C@H]3C[C@@H](C(=O)NCc4ccc(F)cc4)N(C(=O)[C@@H](NC(=O)[C@H](C)NC)C(C)(C)C)C3)[nH]n2)C[C@H]1C(=O)NCc1ccc(F)cc1)C(C)(C)C. The van der Waals surface area contributed by atoms with Gasteiger partial charge in [0.1, 0.15) is 47.2 Å². The highest BCUT2D eigenvalue weighted by atomic mass is 19.1. The van der Waals surface area contributed by atoms with E-state index in [0.717, 1.165) is 0 Å². The number of carbonyl (C=O) groups excluding carboxylic acids is 8. The number of likely N-dealkylation sites (N-methyl/N-ethyl adjacent to an activating group) is 2. The van der Waals surface area contributed by atoms with Crippen LogP contribution < -0.4 is 31.9 Å². The zero-order chi connectivity index (χ0) is 52.5. The Kier molecular flexibility index (Phi) is 18.5. The van der Waals surface area contributed by atoms with E-state index in [0.29, 0.717) is 11.1 Å². The van der Waals surface area contributed by atoms with Gasteiger partial charge in [-0.1, -0.05) is 65.8 Å². The summed E-state index contributed by atoms with van der Waals surface area (Å²) in [5.41, 5.74) is -0.308. The molecule has 18 nitrogen and oxygen atoms in total. The van der Waals surface area contributed by atoms with Crippen LogP contribution in [0.15, 0.2) is 54.6 Å². The number of rotatable bonds is 20. The molecule has 2 aliphatic rings. The molecule has 2 aliphatic heterocycles. The van der Waals surface area contributed by atoms with Gasteiger partial charge < -0.3 is 41.7 Å². The summed E-state index contributed by atoms with van der Waals surface area (Å²) >= 11 is 0. The summed E-state index contributed by atoms with van der Waals surface area (Å²) < 4.78 is 27.2. The lowest BCUT2D eigenvalue weighted by molar-refractivity contribution is -0.144. The third-order valence-electron chi connectivity index (χ3n) is 13.3. The highest BCUT2D eigenvalue weighted by molar-refractivity contribution is 6.00. The monoisotopic (exact) mass is 989 g/mol. The molecule has 3 aromatic rings. The Balaban J connectivity index is 1.31. The molecule has 8 atom stereocenters. The van der Waals surface area contributed by atoms with Crippen LogP contribution in [0.25, 0.3) is 0 Å². The summed E-state index contributed by atoms with van der Waals surface area (Å²) in [5, 5.41) is 23.9. The highest BCUT2D eigenvalue weighted by Crippen LogP contribution is 2.33. The molecular formula is C51H70F2N10O8. The van der Waals surface area contributed by atoms with E-state index in [1.165, 1.54) is 64.4 Å². The molecule has 7 N–H and O–H groups in total. The van der Waals surface area contributed by atoms with Gasteiger partial charge in [-0.05, 0) is 105 Å². The number of likely N-dealkylation sites (tertiary alicyclic amines) is 2. The second-order valence-corrected chi connectivity index (χ2v) is 21.0. The molecule has 5 rings (SSSR count). The Morgan fingerprint density at radius 2 is 1.01 bits per heavy atom. The van der Waals surface area contributed by atoms with Gasteiger partial charge in [0.2, 0.25) is 35.4 Å². The van der Waals surface area contributed by atoms with Crippen LogP contribution in [0.5, 0.6) is 0 Å². The standard InChI is InChI=1S/C51H70F2N10O8/c1-28(54-9)44(66)58-42(50(3,4)5)48(70)62-26-32(19-38(62)46(68)56-24-30-11-15-34(52)16-12-30)21-40(64)36-23-37(61-60-36)41(65)22-33-20-39(47(69)57-25-31-13-17-35(53)18-14-31)63(27-33)49(71)43(51(6,7)8)59-45(67)29(2)55-10/h11-18,23,28-29,32-33,38-39,42-43,54-55H,19-22,24-27H2,1-10H3,(H,56,68)(H,57,69)(H,58,66)(H,59,67)(H,60,61)/t28-,29-,32+,33+,38-,39-,42+,43+/m0/s1. The summed E-state index contributed by atoms with van der Waals surface area (Å²) in [6.07, 6.45) is -0.0589. The Labute approximate surface area is 414 Å². The summed E-state index contributed by atoms with van der Waals surface area (Å²) in [4.78, 5) is 113. The van der Waals surface area contributed by atoms with Crippen molar-refractivity contribution in [2.45, 2.75) is 130 Å². The van der Waals surface area contributed by atoms with E-state index < -0.39 is 118 Å². The summed E-state index contributed by atoms with van der Waals surface area (Å²) in [6.45, 7) is 14.2. The maximum absolute atomic E-state index is 14.4. The predicted molar refractivity (Wildman–Crippen MR) is 260 cm³/mol. The minimum Gasteiger partial charge on any atom is -0.350 e. The van der Waals surface area contributed by atoms with Crippen LogP contribution in [-0.4, -0.2) is 130 Å². The van der Waals surface area contributed by atoms with E-state index in [-0.39, 0.29) is 63.3 Å². The fourth-order valence-corrected chi connectivity index (χ4v) is 8.72. The number of nitrogens with one attached hydrogen (secondary N) is 7.